The minimum atomic E-state index is -0.0664. The van der Waals surface area contributed by atoms with Crippen LogP contribution in [0.5, 0.6) is 0 Å². The lowest BCUT2D eigenvalue weighted by Crippen LogP contribution is -3.14. The molecule has 1 amide bonds. The fourth-order valence-electron chi connectivity index (χ4n) is 3.52. The van der Waals surface area contributed by atoms with Gasteiger partial charge in [-0.2, -0.15) is 0 Å². The number of hydrogen-bond donors (Lipinski definition) is 2. The van der Waals surface area contributed by atoms with E-state index in [1.807, 2.05) is 27.8 Å². The van der Waals surface area contributed by atoms with Crippen LogP contribution in [0.4, 0.5) is 0 Å². The van der Waals surface area contributed by atoms with Crippen molar-refractivity contribution in [3.63, 3.8) is 0 Å². The van der Waals surface area contributed by atoms with Gasteiger partial charge in [-0.05, 0) is 18.4 Å². The molecule has 0 spiro atoms. The molecule has 26 heavy (non-hydrogen) atoms. The van der Waals surface area contributed by atoms with Crippen LogP contribution in [0, 0.1) is 0 Å². The van der Waals surface area contributed by atoms with Crippen LogP contribution >= 0.6 is 22.7 Å². The van der Waals surface area contributed by atoms with Gasteiger partial charge in [0, 0.05) is 22.7 Å². The number of amides is 1. The molecular weight excluding hydrogens is 368 g/mol. The Morgan fingerprint density at radius 1 is 1.35 bits per heavy atom. The molecule has 4 rings (SSSR count). The van der Waals surface area contributed by atoms with E-state index >= 15 is 0 Å². The van der Waals surface area contributed by atoms with E-state index in [1.165, 1.54) is 16.2 Å². The summed E-state index contributed by atoms with van der Waals surface area (Å²) in [4.78, 5) is 37.1. The van der Waals surface area contributed by atoms with Gasteiger partial charge in [0.25, 0.3) is 5.56 Å². The number of piperazine rings is 1. The first-order chi connectivity index (χ1) is 12.5. The second-order valence-corrected chi connectivity index (χ2v) is 8.45. The summed E-state index contributed by atoms with van der Waals surface area (Å²) in [5, 5.41) is 4.72. The first-order valence-electron chi connectivity index (χ1n) is 8.70. The maximum Gasteiger partial charge on any atom is 0.260 e. The van der Waals surface area contributed by atoms with E-state index in [2.05, 4.69) is 11.9 Å². The first kappa shape index (κ1) is 17.4. The second kappa shape index (κ2) is 6.94. The maximum atomic E-state index is 12.8. The predicted octanol–water partition coefficient (Wildman–Crippen LogP) is 1.52. The van der Waals surface area contributed by atoms with Crippen molar-refractivity contribution in [3.05, 3.63) is 39.1 Å². The first-order valence-corrected chi connectivity index (χ1v) is 10.5. The molecule has 0 unspecified atom stereocenters. The van der Waals surface area contributed by atoms with E-state index in [0.29, 0.717) is 5.39 Å². The van der Waals surface area contributed by atoms with Crippen LogP contribution in [0.2, 0.25) is 0 Å². The fourth-order valence-corrected chi connectivity index (χ4v) is 5.29. The van der Waals surface area contributed by atoms with Crippen LogP contribution in [-0.4, -0.2) is 47.0 Å². The number of nitrogens with zero attached hydrogens (tertiary/aromatic N) is 2. The molecule has 6 nitrogen and oxygen atoms in total. The highest BCUT2D eigenvalue weighted by Crippen LogP contribution is 2.33. The summed E-state index contributed by atoms with van der Waals surface area (Å²) in [6.07, 6.45) is 0. The number of aromatic amines is 1. The summed E-state index contributed by atoms with van der Waals surface area (Å²) in [6.45, 7) is 6.95. The zero-order valence-corrected chi connectivity index (χ0v) is 16.4. The summed E-state index contributed by atoms with van der Waals surface area (Å²) in [6, 6.07) is 4.11. The van der Waals surface area contributed by atoms with Crippen molar-refractivity contribution in [3.8, 4) is 10.4 Å². The highest BCUT2D eigenvalue weighted by molar-refractivity contribution is 7.18. The molecule has 3 aromatic rings. The van der Waals surface area contributed by atoms with Crippen molar-refractivity contribution in [2.45, 2.75) is 19.9 Å². The van der Waals surface area contributed by atoms with Crippen molar-refractivity contribution in [2.75, 3.05) is 26.2 Å². The Morgan fingerprint density at radius 3 is 2.77 bits per heavy atom. The highest BCUT2D eigenvalue weighted by Gasteiger charge is 2.28. The van der Waals surface area contributed by atoms with Gasteiger partial charge < -0.3 is 14.8 Å². The Labute approximate surface area is 159 Å². The van der Waals surface area contributed by atoms with Crippen molar-refractivity contribution >= 4 is 38.8 Å². The van der Waals surface area contributed by atoms with Crippen LogP contribution < -0.4 is 10.5 Å². The zero-order valence-electron chi connectivity index (χ0n) is 14.7. The van der Waals surface area contributed by atoms with Gasteiger partial charge in [0.05, 0.1) is 31.6 Å². The standard InChI is InChI=1S/C18H20N4O2S2/c1-11(21-5-7-22(8-6-21)12(2)23)16-19-17(24)15-13(10-26-18(15)20-16)14-4-3-9-25-14/h3-4,9-11H,5-8H2,1-2H3,(H,19,20,24)/p+1/t11-/m1/s1. The SMILES string of the molecule is CC(=O)N1CC[NH+]([C@H](C)c2nc3scc(-c4cccs4)c3c(=O)[nH]2)CC1. The number of quaternary nitrogens is 1. The highest BCUT2D eigenvalue weighted by atomic mass is 32.1. The number of aromatic nitrogens is 2. The molecule has 4 heterocycles. The van der Waals surface area contributed by atoms with E-state index in [9.17, 15) is 9.59 Å². The second-order valence-electron chi connectivity index (χ2n) is 6.64. The molecule has 2 N–H and O–H groups in total. The molecule has 0 aromatic carbocycles. The van der Waals surface area contributed by atoms with Crippen LogP contribution in [0.1, 0.15) is 25.7 Å². The fraction of sp³-hybridized carbons (Fsp3) is 0.389. The summed E-state index contributed by atoms with van der Waals surface area (Å²) < 4.78 is 0. The smallest absolute Gasteiger partial charge is 0.260 e. The molecule has 3 aromatic heterocycles. The number of carbonyl (C=O) groups is 1. The lowest BCUT2D eigenvalue weighted by atomic mass is 10.2. The largest absolute Gasteiger partial charge is 0.332 e. The number of carbonyl (C=O) groups excluding carboxylic acids is 1. The predicted molar refractivity (Wildman–Crippen MR) is 105 cm³/mol. The summed E-state index contributed by atoms with van der Waals surface area (Å²) in [5.41, 5.74) is 0.902. The maximum absolute atomic E-state index is 12.8. The molecule has 1 atom stereocenters. The molecule has 0 aliphatic carbocycles. The molecule has 1 aliphatic rings. The summed E-state index contributed by atoms with van der Waals surface area (Å²) in [7, 11) is 0. The van der Waals surface area contributed by atoms with Crippen molar-refractivity contribution < 1.29 is 9.69 Å². The third-order valence-corrected chi connectivity index (χ3v) is 6.90. The summed E-state index contributed by atoms with van der Waals surface area (Å²) in [5.74, 6) is 0.859. The van der Waals surface area contributed by atoms with Gasteiger partial charge in [0.15, 0.2) is 5.82 Å². The molecule has 1 fully saturated rings. The molecule has 1 aliphatic heterocycles. The van der Waals surface area contributed by atoms with Crippen LogP contribution in [0.15, 0.2) is 27.7 Å². The summed E-state index contributed by atoms with van der Waals surface area (Å²) >= 11 is 3.15. The van der Waals surface area contributed by atoms with E-state index < -0.39 is 0 Å². The van der Waals surface area contributed by atoms with Gasteiger partial charge in [0.2, 0.25) is 5.91 Å². The number of nitrogens with one attached hydrogen (secondary N) is 2. The Bertz CT molecular complexity index is 984. The number of rotatable bonds is 3. The molecule has 8 heteroatoms. The topological polar surface area (TPSA) is 70.5 Å². The normalized spacial score (nSPS) is 16.9. The van der Waals surface area contributed by atoms with Crippen LogP contribution in [0.25, 0.3) is 20.7 Å². The Morgan fingerprint density at radius 2 is 2.12 bits per heavy atom. The number of hydrogen-bond acceptors (Lipinski definition) is 5. The third-order valence-electron chi connectivity index (χ3n) is 5.12. The van der Waals surface area contributed by atoms with Gasteiger partial charge in [-0.15, -0.1) is 22.7 Å². The molecule has 0 bridgehead atoms. The van der Waals surface area contributed by atoms with Gasteiger partial charge in [-0.25, -0.2) is 4.98 Å². The van der Waals surface area contributed by atoms with E-state index in [0.717, 1.165) is 47.3 Å². The van der Waals surface area contributed by atoms with Crippen molar-refractivity contribution in [1.82, 2.24) is 14.9 Å². The molecule has 1 saturated heterocycles. The Hall–Kier alpha value is -2.03. The average Bonchev–Trinajstić information content (AvgIpc) is 3.30. The third kappa shape index (κ3) is 3.08. The Balaban J connectivity index is 1.62. The van der Waals surface area contributed by atoms with Gasteiger partial charge >= 0.3 is 0 Å². The lowest BCUT2D eigenvalue weighted by molar-refractivity contribution is -0.934. The Kier molecular flexibility index (Phi) is 4.64. The zero-order chi connectivity index (χ0) is 18.3. The minimum Gasteiger partial charge on any atom is -0.332 e. The number of fused-ring (bicyclic) bond motifs is 1. The van der Waals surface area contributed by atoms with Gasteiger partial charge in [-0.1, -0.05) is 6.07 Å². The van der Waals surface area contributed by atoms with Crippen LogP contribution in [-0.2, 0) is 4.79 Å². The molecule has 0 saturated carbocycles. The molecule has 136 valence electrons. The van der Waals surface area contributed by atoms with E-state index in [-0.39, 0.29) is 17.5 Å². The van der Waals surface area contributed by atoms with Crippen LogP contribution in [0.3, 0.4) is 0 Å². The molecular formula is C18H21N4O2S2+. The van der Waals surface area contributed by atoms with Gasteiger partial charge in [-0.3, -0.25) is 9.59 Å². The lowest BCUT2D eigenvalue weighted by Gasteiger charge is -2.34. The monoisotopic (exact) mass is 389 g/mol. The van der Waals surface area contributed by atoms with E-state index in [1.54, 1.807) is 18.3 Å². The quantitative estimate of drug-likeness (QED) is 0.714. The van der Waals surface area contributed by atoms with E-state index in [4.69, 9.17) is 4.98 Å². The van der Waals surface area contributed by atoms with Gasteiger partial charge in [0.1, 0.15) is 10.9 Å². The molecule has 0 radical (unpaired) electrons. The number of thiophene rings is 2. The average molecular weight is 390 g/mol. The number of H-pyrrole nitrogens is 1. The minimum absolute atomic E-state index is 0.0664. The van der Waals surface area contributed by atoms with Crippen molar-refractivity contribution in [1.29, 1.82) is 0 Å². The van der Waals surface area contributed by atoms with Crippen molar-refractivity contribution in [2.24, 2.45) is 0 Å².